The monoisotopic (exact) mass is 362 g/mol. The van der Waals surface area contributed by atoms with Crippen molar-refractivity contribution in [1.29, 1.82) is 0 Å². The summed E-state index contributed by atoms with van der Waals surface area (Å²) in [7, 11) is 1.56. The lowest BCUT2D eigenvalue weighted by atomic mass is 10.1. The van der Waals surface area contributed by atoms with Gasteiger partial charge in [-0.05, 0) is 31.4 Å². The van der Waals surface area contributed by atoms with Crippen LogP contribution in [0.4, 0.5) is 5.69 Å². The molecule has 0 radical (unpaired) electrons. The molecule has 1 aliphatic rings. The smallest absolute Gasteiger partial charge is 0.225 e. The van der Waals surface area contributed by atoms with E-state index in [1.54, 1.807) is 13.2 Å². The highest BCUT2D eigenvalue weighted by Crippen LogP contribution is 2.31. The first-order chi connectivity index (χ1) is 12.1. The number of aromatic nitrogens is 2. The Bertz CT molecular complexity index is 760. The van der Waals surface area contributed by atoms with Crippen LogP contribution in [-0.4, -0.2) is 29.1 Å². The summed E-state index contributed by atoms with van der Waals surface area (Å²) < 4.78 is 7.46. The van der Waals surface area contributed by atoms with Crippen molar-refractivity contribution in [3.8, 4) is 5.75 Å². The number of nitrogens with one attached hydrogen (secondary N) is 2. The first-order valence-electron chi connectivity index (χ1n) is 8.47. The van der Waals surface area contributed by atoms with Gasteiger partial charge in [0, 0.05) is 43.0 Å². The summed E-state index contributed by atoms with van der Waals surface area (Å²) in [4.78, 5) is 16.7. The largest absolute Gasteiger partial charge is 0.495 e. The summed E-state index contributed by atoms with van der Waals surface area (Å²) in [6.45, 7) is 3.51. The van der Waals surface area contributed by atoms with E-state index in [4.69, 9.17) is 16.3 Å². The second-order valence-corrected chi connectivity index (χ2v) is 6.63. The number of imidazole rings is 1. The quantitative estimate of drug-likeness (QED) is 0.827. The molecule has 3 rings (SSSR count). The summed E-state index contributed by atoms with van der Waals surface area (Å²) in [5.41, 5.74) is 1.53. The van der Waals surface area contributed by atoms with Gasteiger partial charge in [0.05, 0.1) is 18.8 Å². The molecule has 0 saturated carbocycles. The highest BCUT2D eigenvalue weighted by molar-refractivity contribution is 6.31. The van der Waals surface area contributed by atoms with E-state index in [0.29, 0.717) is 29.4 Å². The van der Waals surface area contributed by atoms with Crippen molar-refractivity contribution >= 4 is 23.2 Å². The summed E-state index contributed by atoms with van der Waals surface area (Å²) >= 11 is 6.09. The Hall–Kier alpha value is -2.05. The molecule has 0 fully saturated rings. The highest BCUT2D eigenvalue weighted by Gasteiger charge is 2.20. The maximum Gasteiger partial charge on any atom is 0.225 e. The van der Waals surface area contributed by atoms with Crippen molar-refractivity contribution in [3.63, 3.8) is 0 Å². The van der Waals surface area contributed by atoms with E-state index in [-0.39, 0.29) is 11.9 Å². The van der Waals surface area contributed by atoms with Crippen LogP contribution in [0.25, 0.3) is 0 Å². The predicted octanol–water partition coefficient (Wildman–Crippen LogP) is 3.31. The van der Waals surface area contributed by atoms with Crippen molar-refractivity contribution < 1.29 is 9.53 Å². The number of halogens is 1. The number of hydrogen-bond acceptors (Lipinski definition) is 4. The first kappa shape index (κ1) is 17.8. The van der Waals surface area contributed by atoms with Crippen LogP contribution in [0.1, 0.15) is 36.7 Å². The fraction of sp³-hybridized carbons (Fsp3) is 0.444. The van der Waals surface area contributed by atoms with E-state index in [2.05, 4.69) is 20.2 Å². The summed E-state index contributed by atoms with van der Waals surface area (Å²) in [5, 5.41) is 6.95. The van der Waals surface area contributed by atoms with Crippen molar-refractivity contribution in [3.05, 3.63) is 40.9 Å². The second kappa shape index (κ2) is 7.89. The van der Waals surface area contributed by atoms with Crippen LogP contribution in [-0.2, 0) is 11.3 Å². The Morgan fingerprint density at radius 2 is 2.32 bits per heavy atom. The summed E-state index contributed by atoms with van der Waals surface area (Å²) in [6.07, 6.45) is 6.38. The molecule has 0 saturated heterocycles. The Morgan fingerprint density at radius 3 is 3.12 bits per heavy atom. The van der Waals surface area contributed by atoms with E-state index < -0.39 is 0 Å². The molecule has 0 spiro atoms. The van der Waals surface area contributed by atoms with Gasteiger partial charge in [-0.25, -0.2) is 4.98 Å². The van der Waals surface area contributed by atoms with Crippen molar-refractivity contribution in [2.75, 3.05) is 19.0 Å². The summed E-state index contributed by atoms with van der Waals surface area (Å²) in [5.74, 6) is 1.56. The molecular formula is C18H23ClN4O2. The van der Waals surface area contributed by atoms with Gasteiger partial charge in [0.1, 0.15) is 11.6 Å². The van der Waals surface area contributed by atoms with Gasteiger partial charge in [-0.1, -0.05) is 11.6 Å². The summed E-state index contributed by atoms with van der Waals surface area (Å²) in [6, 6.07) is 3.75. The Balaban J connectivity index is 1.54. The Morgan fingerprint density at radius 1 is 1.48 bits per heavy atom. The second-order valence-electron chi connectivity index (χ2n) is 6.23. The lowest BCUT2D eigenvalue weighted by Gasteiger charge is -2.24. The van der Waals surface area contributed by atoms with E-state index in [9.17, 15) is 4.79 Å². The third-order valence-electron chi connectivity index (χ3n) is 4.45. The fourth-order valence-electron chi connectivity index (χ4n) is 3.11. The molecule has 25 heavy (non-hydrogen) atoms. The maximum absolute atomic E-state index is 12.3. The van der Waals surface area contributed by atoms with Gasteiger partial charge in [-0.3, -0.25) is 4.79 Å². The number of carbonyl (C=O) groups is 1. The van der Waals surface area contributed by atoms with E-state index in [1.807, 2.05) is 25.4 Å². The molecule has 2 aromatic rings. The van der Waals surface area contributed by atoms with Crippen LogP contribution >= 0.6 is 11.6 Å². The van der Waals surface area contributed by atoms with Gasteiger partial charge in [0.25, 0.3) is 0 Å². The van der Waals surface area contributed by atoms with Gasteiger partial charge < -0.3 is 19.9 Å². The molecule has 0 bridgehead atoms. The number of anilines is 1. The number of rotatable bonds is 6. The molecule has 2 N–H and O–H groups in total. The first-order valence-corrected chi connectivity index (χ1v) is 8.84. The molecule has 2 heterocycles. The molecule has 6 nitrogen and oxygen atoms in total. The third-order valence-corrected chi connectivity index (χ3v) is 4.86. The van der Waals surface area contributed by atoms with Crippen LogP contribution in [0.2, 0.25) is 5.02 Å². The predicted molar refractivity (Wildman–Crippen MR) is 98.2 cm³/mol. The SMILES string of the molecule is COc1cc(Cl)c(C)cc1NC(=O)CCNC1CCCn2ccnc21. The molecular weight excluding hydrogens is 340 g/mol. The lowest BCUT2D eigenvalue weighted by molar-refractivity contribution is -0.116. The number of fused-ring (bicyclic) bond motifs is 1. The fourth-order valence-corrected chi connectivity index (χ4v) is 3.26. The van der Waals surface area contributed by atoms with Gasteiger partial charge in [0.2, 0.25) is 5.91 Å². The van der Waals surface area contributed by atoms with Crippen molar-refractivity contribution in [1.82, 2.24) is 14.9 Å². The number of methoxy groups -OCH3 is 1. The number of benzene rings is 1. The number of amides is 1. The topological polar surface area (TPSA) is 68.2 Å². The molecule has 0 aliphatic carbocycles. The number of hydrogen-bond donors (Lipinski definition) is 2. The molecule has 1 aromatic heterocycles. The molecule has 1 amide bonds. The zero-order chi connectivity index (χ0) is 17.8. The zero-order valence-electron chi connectivity index (χ0n) is 14.5. The number of aryl methyl sites for hydroxylation is 2. The van der Waals surface area contributed by atoms with Gasteiger partial charge in [-0.2, -0.15) is 0 Å². The minimum Gasteiger partial charge on any atom is -0.495 e. The van der Waals surface area contributed by atoms with Crippen molar-refractivity contribution in [2.24, 2.45) is 0 Å². The molecule has 1 aromatic carbocycles. The van der Waals surface area contributed by atoms with E-state index >= 15 is 0 Å². The van der Waals surface area contributed by atoms with Gasteiger partial charge >= 0.3 is 0 Å². The van der Waals surface area contributed by atoms with Crippen LogP contribution in [0.15, 0.2) is 24.5 Å². The maximum atomic E-state index is 12.3. The third kappa shape index (κ3) is 4.14. The molecule has 134 valence electrons. The number of ether oxygens (including phenoxy) is 1. The minimum absolute atomic E-state index is 0.0633. The van der Waals surface area contributed by atoms with Crippen molar-refractivity contribution in [2.45, 2.75) is 38.8 Å². The molecule has 1 atom stereocenters. The molecule has 1 unspecified atom stereocenters. The van der Waals surface area contributed by atoms with Crippen LogP contribution < -0.4 is 15.4 Å². The minimum atomic E-state index is -0.0633. The van der Waals surface area contributed by atoms with E-state index in [0.717, 1.165) is 30.8 Å². The number of carbonyl (C=O) groups excluding carboxylic acids is 1. The van der Waals surface area contributed by atoms with Crippen LogP contribution in [0.5, 0.6) is 5.75 Å². The Labute approximate surface area is 152 Å². The molecule has 1 aliphatic heterocycles. The Kier molecular flexibility index (Phi) is 5.60. The standard InChI is InChI=1S/C18H23ClN4O2/c1-12-10-15(16(25-2)11-13(12)19)22-17(24)5-6-20-14-4-3-8-23-9-7-21-18(14)23/h7,9-11,14,20H,3-6,8H2,1-2H3,(H,22,24). The normalized spacial score (nSPS) is 16.4. The van der Waals surface area contributed by atoms with Gasteiger partial charge in [0.15, 0.2) is 0 Å². The van der Waals surface area contributed by atoms with Crippen LogP contribution in [0.3, 0.4) is 0 Å². The lowest BCUT2D eigenvalue weighted by Crippen LogP contribution is -2.30. The van der Waals surface area contributed by atoms with Gasteiger partial charge in [-0.15, -0.1) is 0 Å². The average Bonchev–Trinajstić information content (AvgIpc) is 3.07. The number of nitrogens with zero attached hydrogens (tertiary/aromatic N) is 2. The zero-order valence-corrected chi connectivity index (χ0v) is 15.3. The highest BCUT2D eigenvalue weighted by atomic mass is 35.5. The van der Waals surface area contributed by atoms with Crippen LogP contribution in [0, 0.1) is 6.92 Å². The average molecular weight is 363 g/mol. The molecule has 7 heteroatoms. The van der Waals surface area contributed by atoms with E-state index in [1.165, 1.54) is 0 Å².